The van der Waals surface area contributed by atoms with E-state index in [4.69, 9.17) is 0 Å². The molecule has 4 heteroatoms. The molecule has 0 atom stereocenters. The maximum absolute atomic E-state index is 11.3. The zero-order chi connectivity index (χ0) is 8.27. The second kappa shape index (κ2) is 4.28. The Bertz CT molecular complexity index is 257. The van der Waals surface area contributed by atoms with Gasteiger partial charge in [-0.05, 0) is 33.6 Å². The van der Waals surface area contributed by atoms with Gasteiger partial charge in [0.1, 0.15) is 0 Å². The molecule has 0 aliphatic rings. The van der Waals surface area contributed by atoms with Gasteiger partial charge in [-0.25, -0.2) is 0 Å². The van der Waals surface area contributed by atoms with Crippen LogP contribution in [0.4, 0.5) is 0 Å². The molecule has 0 saturated carbocycles. The average Bonchev–Trinajstić information content (AvgIpc) is 2.36. The minimum Gasteiger partial charge on any atom is -0.292 e. The molecule has 0 amide bonds. The van der Waals surface area contributed by atoms with Crippen molar-refractivity contribution in [3.8, 4) is 0 Å². The third-order valence-electron chi connectivity index (χ3n) is 1.15. The Kier molecular flexibility index (Phi) is 3.62. The lowest BCUT2D eigenvalue weighted by Gasteiger charge is -1.93. The van der Waals surface area contributed by atoms with E-state index >= 15 is 0 Å². The Morgan fingerprint density at radius 3 is 3.00 bits per heavy atom. The molecule has 0 aromatic carbocycles. The number of Topliss-reactive ketones (excluding diaryl/α,β-unsaturated/α-hetero) is 1. The van der Waals surface area contributed by atoms with Crippen LogP contribution < -0.4 is 0 Å². The van der Waals surface area contributed by atoms with Crippen molar-refractivity contribution in [2.24, 2.45) is 0 Å². The quantitative estimate of drug-likeness (QED) is 0.768. The summed E-state index contributed by atoms with van der Waals surface area (Å²) < 4.78 is 0.918. The SMILES string of the molecule is CSCC(=O)c1sccc1Br. The Balaban J connectivity index is 2.76. The van der Waals surface area contributed by atoms with Crippen LogP contribution in [0, 0.1) is 0 Å². The lowest BCUT2D eigenvalue weighted by atomic mass is 10.3. The third-order valence-corrected chi connectivity index (χ3v) is 3.58. The molecule has 0 N–H and O–H groups in total. The second-order valence-corrected chi connectivity index (χ2v) is 4.59. The van der Waals surface area contributed by atoms with Crippen LogP contribution in [0.5, 0.6) is 0 Å². The molecule has 1 nitrogen and oxygen atoms in total. The van der Waals surface area contributed by atoms with Gasteiger partial charge in [0, 0.05) is 4.47 Å². The van der Waals surface area contributed by atoms with Crippen molar-refractivity contribution >= 4 is 44.8 Å². The van der Waals surface area contributed by atoms with Crippen LogP contribution in [0.2, 0.25) is 0 Å². The highest BCUT2D eigenvalue weighted by molar-refractivity contribution is 9.10. The fraction of sp³-hybridized carbons (Fsp3) is 0.286. The predicted molar refractivity (Wildman–Crippen MR) is 54.7 cm³/mol. The molecule has 0 saturated heterocycles. The van der Waals surface area contributed by atoms with Crippen LogP contribution in [-0.2, 0) is 0 Å². The van der Waals surface area contributed by atoms with Gasteiger partial charge in [-0.2, -0.15) is 11.8 Å². The Morgan fingerprint density at radius 1 is 1.82 bits per heavy atom. The van der Waals surface area contributed by atoms with Gasteiger partial charge in [-0.3, -0.25) is 4.79 Å². The number of ketones is 1. The molecule has 11 heavy (non-hydrogen) atoms. The first kappa shape index (κ1) is 9.29. The van der Waals surface area contributed by atoms with Crippen LogP contribution in [0.1, 0.15) is 9.67 Å². The van der Waals surface area contributed by atoms with Gasteiger partial charge >= 0.3 is 0 Å². The van der Waals surface area contributed by atoms with Gasteiger partial charge in [-0.1, -0.05) is 0 Å². The number of thioether (sulfide) groups is 1. The van der Waals surface area contributed by atoms with E-state index < -0.39 is 0 Å². The summed E-state index contributed by atoms with van der Waals surface area (Å²) in [5.74, 6) is 0.776. The van der Waals surface area contributed by atoms with Crippen LogP contribution in [0.3, 0.4) is 0 Å². The molecule has 1 aromatic rings. The van der Waals surface area contributed by atoms with Gasteiger partial charge in [0.15, 0.2) is 5.78 Å². The normalized spacial score (nSPS) is 10.0. The van der Waals surface area contributed by atoms with Crippen molar-refractivity contribution < 1.29 is 4.79 Å². The van der Waals surface area contributed by atoms with Gasteiger partial charge in [0.05, 0.1) is 10.6 Å². The van der Waals surface area contributed by atoms with E-state index in [-0.39, 0.29) is 5.78 Å². The molecule has 60 valence electrons. The molecule has 1 heterocycles. The largest absolute Gasteiger partial charge is 0.292 e. The van der Waals surface area contributed by atoms with E-state index in [1.54, 1.807) is 11.8 Å². The lowest BCUT2D eigenvalue weighted by Crippen LogP contribution is -1.99. The van der Waals surface area contributed by atoms with Crippen molar-refractivity contribution in [3.63, 3.8) is 0 Å². The maximum Gasteiger partial charge on any atom is 0.183 e. The van der Waals surface area contributed by atoms with Gasteiger partial charge < -0.3 is 0 Å². The van der Waals surface area contributed by atoms with Crippen LogP contribution >= 0.6 is 39.0 Å². The predicted octanol–water partition coefficient (Wildman–Crippen LogP) is 3.06. The first-order chi connectivity index (χ1) is 5.25. The van der Waals surface area contributed by atoms with E-state index in [9.17, 15) is 4.79 Å². The smallest absolute Gasteiger partial charge is 0.183 e. The van der Waals surface area contributed by atoms with E-state index in [0.29, 0.717) is 5.75 Å². The van der Waals surface area contributed by atoms with Crippen LogP contribution in [-0.4, -0.2) is 17.8 Å². The molecule has 0 aliphatic heterocycles. The zero-order valence-electron chi connectivity index (χ0n) is 5.96. The Hall–Kier alpha value is 0.200. The van der Waals surface area contributed by atoms with Crippen molar-refractivity contribution in [1.29, 1.82) is 0 Å². The second-order valence-electron chi connectivity index (χ2n) is 1.95. The molecular formula is C7H7BrOS2. The van der Waals surface area contributed by atoms with Gasteiger partial charge in [0.25, 0.3) is 0 Å². The molecule has 1 aromatic heterocycles. The van der Waals surface area contributed by atoms with Crippen LogP contribution in [0.25, 0.3) is 0 Å². The van der Waals surface area contributed by atoms with Crippen LogP contribution in [0.15, 0.2) is 15.9 Å². The number of thiophene rings is 1. The molecule has 0 bridgehead atoms. The highest BCUT2D eigenvalue weighted by Gasteiger charge is 2.09. The highest BCUT2D eigenvalue weighted by Crippen LogP contribution is 2.23. The van der Waals surface area contributed by atoms with Crippen molar-refractivity contribution in [1.82, 2.24) is 0 Å². The summed E-state index contributed by atoms with van der Waals surface area (Å²) in [6.45, 7) is 0. The lowest BCUT2D eigenvalue weighted by molar-refractivity contribution is 0.102. The molecule has 0 radical (unpaired) electrons. The van der Waals surface area contributed by atoms with Crippen molar-refractivity contribution in [3.05, 3.63) is 20.8 Å². The summed E-state index contributed by atoms with van der Waals surface area (Å²) in [6.07, 6.45) is 1.93. The number of hydrogen-bond acceptors (Lipinski definition) is 3. The van der Waals surface area contributed by atoms with Gasteiger partial charge in [-0.15, -0.1) is 11.3 Å². The fourth-order valence-electron chi connectivity index (χ4n) is 0.689. The van der Waals surface area contributed by atoms with E-state index in [1.807, 2.05) is 17.7 Å². The first-order valence-electron chi connectivity index (χ1n) is 3.01. The minimum absolute atomic E-state index is 0.208. The first-order valence-corrected chi connectivity index (χ1v) is 6.07. The topological polar surface area (TPSA) is 17.1 Å². The number of carbonyl (C=O) groups excluding carboxylic acids is 1. The molecule has 0 spiro atoms. The number of hydrogen-bond donors (Lipinski definition) is 0. The van der Waals surface area contributed by atoms with E-state index in [1.165, 1.54) is 11.3 Å². The number of rotatable bonds is 3. The monoisotopic (exact) mass is 250 g/mol. The summed E-state index contributed by atoms with van der Waals surface area (Å²) in [5, 5.41) is 1.91. The molecule has 0 aliphatic carbocycles. The number of halogens is 1. The molecular weight excluding hydrogens is 244 g/mol. The van der Waals surface area contributed by atoms with Gasteiger partial charge in [0.2, 0.25) is 0 Å². The standard InChI is InChI=1S/C7H7BrOS2/c1-10-4-6(9)7-5(8)2-3-11-7/h2-3H,4H2,1H3. The summed E-state index contributed by atoms with van der Waals surface area (Å²) in [5.41, 5.74) is 0. The van der Waals surface area contributed by atoms with E-state index in [2.05, 4.69) is 15.9 Å². The minimum atomic E-state index is 0.208. The van der Waals surface area contributed by atoms with Crippen molar-refractivity contribution in [2.75, 3.05) is 12.0 Å². The number of carbonyl (C=O) groups is 1. The summed E-state index contributed by atoms with van der Waals surface area (Å²) in [4.78, 5) is 12.1. The summed E-state index contributed by atoms with van der Waals surface area (Å²) in [7, 11) is 0. The summed E-state index contributed by atoms with van der Waals surface area (Å²) in [6, 6.07) is 1.90. The highest BCUT2D eigenvalue weighted by atomic mass is 79.9. The molecule has 1 rings (SSSR count). The Morgan fingerprint density at radius 2 is 2.55 bits per heavy atom. The third kappa shape index (κ3) is 2.32. The fourth-order valence-corrected chi connectivity index (χ4v) is 2.72. The van der Waals surface area contributed by atoms with Crippen molar-refractivity contribution in [2.45, 2.75) is 0 Å². The zero-order valence-corrected chi connectivity index (χ0v) is 9.18. The molecule has 0 unspecified atom stereocenters. The van der Waals surface area contributed by atoms with E-state index in [0.717, 1.165) is 9.35 Å². The molecule has 0 fully saturated rings. The average molecular weight is 251 g/mol. The maximum atomic E-state index is 11.3. The summed E-state index contributed by atoms with van der Waals surface area (Å²) >= 11 is 6.36. The Labute approximate surface area is 82.3 Å².